The lowest BCUT2D eigenvalue weighted by Crippen LogP contribution is -2.45. The minimum Gasteiger partial charge on any atom is -0.273 e. The van der Waals surface area contributed by atoms with E-state index in [1.807, 2.05) is 31.2 Å². The average molecular weight is 274 g/mol. The molecular weight excluding hydrogens is 252 g/mol. The first-order valence-corrected chi connectivity index (χ1v) is 7.29. The Morgan fingerprint density at radius 2 is 1.70 bits per heavy atom. The van der Waals surface area contributed by atoms with Crippen molar-refractivity contribution in [3.8, 4) is 0 Å². The molecule has 1 aliphatic carbocycles. The maximum Gasteiger partial charge on any atom is 0.242 e. The van der Waals surface area contributed by atoms with Gasteiger partial charge in [-0.2, -0.15) is 0 Å². The number of benzene rings is 1. The molecule has 2 N–H and O–H groups in total. The van der Waals surface area contributed by atoms with E-state index in [-0.39, 0.29) is 24.2 Å². The number of amides is 2. The van der Waals surface area contributed by atoms with Crippen LogP contribution in [0.25, 0.3) is 0 Å². The van der Waals surface area contributed by atoms with Crippen molar-refractivity contribution in [2.75, 3.05) is 0 Å². The Morgan fingerprint density at radius 3 is 2.35 bits per heavy atom. The monoisotopic (exact) mass is 274 g/mol. The SMILES string of the molecule is Cc1ccc(CC(=O)NNC(=O)C2CCCCC2)cc1. The molecule has 1 aliphatic rings. The predicted molar refractivity (Wildman–Crippen MR) is 77.7 cm³/mol. The van der Waals surface area contributed by atoms with Gasteiger partial charge < -0.3 is 0 Å². The van der Waals surface area contributed by atoms with E-state index < -0.39 is 0 Å². The fraction of sp³-hybridized carbons (Fsp3) is 0.500. The summed E-state index contributed by atoms with van der Waals surface area (Å²) in [6.07, 6.45) is 5.57. The third kappa shape index (κ3) is 4.37. The van der Waals surface area contributed by atoms with Crippen LogP contribution in [0.2, 0.25) is 0 Å². The van der Waals surface area contributed by atoms with E-state index in [1.54, 1.807) is 0 Å². The van der Waals surface area contributed by atoms with Crippen LogP contribution in [0.15, 0.2) is 24.3 Å². The highest BCUT2D eigenvalue weighted by atomic mass is 16.2. The smallest absolute Gasteiger partial charge is 0.242 e. The first kappa shape index (κ1) is 14.6. The Bertz CT molecular complexity index is 462. The Morgan fingerprint density at radius 1 is 1.05 bits per heavy atom. The van der Waals surface area contributed by atoms with Crippen LogP contribution in [0.4, 0.5) is 0 Å². The summed E-state index contributed by atoms with van der Waals surface area (Å²) in [5.74, 6) is -0.177. The van der Waals surface area contributed by atoms with Crippen LogP contribution in [-0.4, -0.2) is 11.8 Å². The fourth-order valence-electron chi connectivity index (χ4n) is 2.53. The summed E-state index contributed by atoms with van der Waals surface area (Å²) in [6.45, 7) is 2.01. The summed E-state index contributed by atoms with van der Waals surface area (Å²) in [6, 6.07) is 7.81. The first-order chi connectivity index (χ1) is 9.65. The van der Waals surface area contributed by atoms with Crippen molar-refractivity contribution in [3.63, 3.8) is 0 Å². The zero-order valence-electron chi connectivity index (χ0n) is 11.9. The van der Waals surface area contributed by atoms with Gasteiger partial charge in [0.1, 0.15) is 0 Å². The number of rotatable bonds is 3. The number of aryl methyl sites for hydroxylation is 1. The summed E-state index contributed by atoms with van der Waals surface area (Å²) in [7, 11) is 0. The number of hydrogen-bond donors (Lipinski definition) is 2. The molecule has 0 aromatic heterocycles. The molecule has 20 heavy (non-hydrogen) atoms. The van der Waals surface area contributed by atoms with Crippen LogP contribution in [-0.2, 0) is 16.0 Å². The second-order valence-corrected chi connectivity index (χ2v) is 5.53. The van der Waals surface area contributed by atoms with E-state index in [4.69, 9.17) is 0 Å². The Kier molecular flexibility index (Phi) is 5.16. The van der Waals surface area contributed by atoms with Crippen molar-refractivity contribution in [1.29, 1.82) is 0 Å². The highest BCUT2D eigenvalue weighted by molar-refractivity contribution is 5.84. The lowest BCUT2D eigenvalue weighted by molar-refractivity contribution is -0.131. The van der Waals surface area contributed by atoms with Crippen molar-refractivity contribution in [2.45, 2.75) is 45.4 Å². The average Bonchev–Trinajstić information content (AvgIpc) is 2.48. The first-order valence-electron chi connectivity index (χ1n) is 7.29. The zero-order chi connectivity index (χ0) is 14.4. The van der Waals surface area contributed by atoms with E-state index in [0.717, 1.165) is 31.2 Å². The van der Waals surface area contributed by atoms with Crippen molar-refractivity contribution in [3.05, 3.63) is 35.4 Å². The molecule has 0 bridgehead atoms. The molecule has 4 nitrogen and oxygen atoms in total. The van der Waals surface area contributed by atoms with Crippen LogP contribution in [0.1, 0.15) is 43.2 Å². The van der Waals surface area contributed by atoms with Crippen LogP contribution >= 0.6 is 0 Å². The number of hydrogen-bond acceptors (Lipinski definition) is 2. The number of hydrazine groups is 1. The van der Waals surface area contributed by atoms with Gasteiger partial charge in [-0.25, -0.2) is 0 Å². The molecule has 2 amide bonds. The molecular formula is C16H22N2O2. The van der Waals surface area contributed by atoms with Gasteiger partial charge in [0.15, 0.2) is 0 Å². The van der Waals surface area contributed by atoms with E-state index in [9.17, 15) is 9.59 Å². The third-order valence-corrected chi connectivity index (χ3v) is 3.79. The number of carbonyl (C=O) groups is 2. The van der Waals surface area contributed by atoms with Crippen LogP contribution < -0.4 is 10.9 Å². The minimum atomic E-state index is -0.182. The van der Waals surface area contributed by atoms with Crippen LogP contribution in [0.5, 0.6) is 0 Å². The van der Waals surface area contributed by atoms with Gasteiger partial charge in [-0.1, -0.05) is 49.1 Å². The van der Waals surface area contributed by atoms with Gasteiger partial charge in [0, 0.05) is 5.92 Å². The summed E-state index contributed by atoms with van der Waals surface area (Å²) in [5, 5.41) is 0. The fourth-order valence-corrected chi connectivity index (χ4v) is 2.53. The standard InChI is InChI=1S/C16H22N2O2/c1-12-7-9-13(10-8-12)11-15(19)17-18-16(20)14-5-3-2-4-6-14/h7-10,14H,2-6,11H2,1H3,(H,17,19)(H,18,20). The molecule has 4 heteroatoms. The molecule has 0 saturated heterocycles. The van der Waals surface area contributed by atoms with Gasteiger partial charge in [-0.3, -0.25) is 20.4 Å². The molecule has 1 aromatic rings. The highest BCUT2D eigenvalue weighted by Gasteiger charge is 2.21. The zero-order valence-corrected chi connectivity index (χ0v) is 11.9. The maximum atomic E-state index is 11.9. The molecule has 0 radical (unpaired) electrons. The number of nitrogens with one attached hydrogen (secondary N) is 2. The van der Waals surface area contributed by atoms with Gasteiger partial charge in [0.25, 0.3) is 0 Å². The highest BCUT2D eigenvalue weighted by Crippen LogP contribution is 2.23. The summed E-state index contributed by atoms with van der Waals surface area (Å²) in [5.41, 5.74) is 7.16. The molecule has 2 rings (SSSR count). The molecule has 0 atom stereocenters. The van der Waals surface area contributed by atoms with Crippen molar-refractivity contribution in [1.82, 2.24) is 10.9 Å². The number of carbonyl (C=O) groups excluding carboxylic acids is 2. The molecule has 1 aromatic carbocycles. The van der Waals surface area contributed by atoms with Gasteiger partial charge in [-0.05, 0) is 25.3 Å². The second kappa shape index (κ2) is 7.08. The van der Waals surface area contributed by atoms with Gasteiger partial charge >= 0.3 is 0 Å². The van der Waals surface area contributed by atoms with Crippen molar-refractivity contribution < 1.29 is 9.59 Å². The van der Waals surface area contributed by atoms with E-state index in [1.165, 1.54) is 12.0 Å². The quantitative estimate of drug-likeness (QED) is 0.831. The molecule has 1 fully saturated rings. The molecule has 108 valence electrons. The molecule has 0 spiro atoms. The van der Waals surface area contributed by atoms with E-state index >= 15 is 0 Å². The summed E-state index contributed by atoms with van der Waals surface area (Å²) >= 11 is 0. The molecule has 0 aliphatic heterocycles. The van der Waals surface area contributed by atoms with Crippen LogP contribution in [0.3, 0.4) is 0 Å². The Hall–Kier alpha value is -1.84. The summed E-state index contributed by atoms with van der Waals surface area (Å²) in [4.78, 5) is 23.6. The Balaban J connectivity index is 1.74. The minimum absolute atomic E-state index is 0.0537. The topological polar surface area (TPSA) is 58.2 Å². The van der Waals surface area contributed by atoms with E-state index in [2.05, 4.69) is 10.9 Å². The van der Waals surface area contributed by atoms with Crippen LogP contribution in [0, 0.1) is 12.8 Å². The lowest BCUT2D eigenvalue weighted by Gasteiger charge is -2.20. The third-order valence-electron chi connectivity index (χ3n) is 3.79. The molecule has 1 saturated carbocycles. The largest absolute Gasteiger partial charge is 0.273 e. The van der Waals surface area contributed by atoms with Crippen molar-refractivity contribution >= 4 is 11.8 Å². The maximum absolute atomic E-state index is 11.9. The predicted octanol–water partition coefficient (Wildman–Crippen LogP) is 2.27. The van der Waals surface area contributed by atoms with Gasteiger partial charge in [0.05, 0.1) is 6.42 Å². The lowest BCUT2D eigenvalue weighted by atomic mass is 9.89. The summed E-state index contributed by atoms with van der Waals surface area (Å²) < 4.78 is 0. The van der Waals surface area contributed by atoms with E-state index in [0.29, 0.717) is 0 Å². The van der Waals surface area contributed by atoms with Gasteiger partial charge in [0.2, 0.25) is 11.8 Å². The molecule has 0 heterocycles. The molecule has 0 unspecified atom stereocenters. The Labute approximate surface area is 119 Å². The second-order valence-electron chi connectivity index (χ2n) is 5.53. The van der Waals surface area contributed by atoms with Gasteiger partial charge in [-0.15, -0.1) is 0 Å². The van der Waals surface area contributed by atoms with Crippen molar-refractivity contribution in [2.24, 2.45) is 5.92 Å². The normalized spacial score (nSPS) is 15.7.